The summed E-state index contributed by atoms with van der Waals surface area (Å²) in [6.07, 6.45) is -0.563. The van der Waals surface area contributed by atoms with Gasteiger partial charge in [-0.3, -0.25) is 9.59 Å². The number of carboxylic acids is 2. The first kappa shape index (κ1) is 14.7. The summed E-state index contributed by atoms with van der Waals surface area (Å²) >= 11 is 0. The predicted molar refractivity (Wildman–Crippen MR) is 65.2 cm³/mol. The van der Waals surface area contributed by atoms with E-state index in [4.69, 9.17) is 15.9 Å². The number of rotatable bonds is 6. The number of aliphatic carboxylic acids is 2. The van der Waals surface area contributed by atoms with E-state index >= 15 is 0 Å². The van der Waals surface area contributed by atoms with Gasteiger partial charge in [0, 0.05) is 0 Å². The number of nitrogens with two attached hydrogens (primary N) is 1. The Kier molecular flexibility index (Phi) is 5.01. The number of carbonyl (C=O) groups is 3. The van der Waals surface area contributed by atoms with Crippen LogP contribution in [0, 0.1) is 0 Å². The molecule has 0 spiro atoms. The Labute approximate surface area is 109 Å². The van der Waals surface area contributed by atoms with Crippen LogP contribution in [-0.4, -0.2) is 34.1 Å². The molecule has 0 bridgehead atoms. The summed E-state index contributed by atoms with van der Waals surface area (Å²) < 4.78 is 0. The largest absolute Gasteiger partial charge is 0.481 e. The summed E-state index contributed by atoms with van der Waals surface area (Å²) in [5.74, 6) is -3.30. The smallest absolute Gasteiger partial charge is 0.330 e. The van der Waals surface area contributed by atoms with Crippen molar-refractivity contribution in [3.63, 3.8) is 0 Å². The molecule has 1 aromatic carbocycles. The lowest BCUT2D eigenvalue weighted by Crippen LogP contribution is -2.45. The molecule has 0 aliphatic heterocycles. The van der Waals surface area contributed by atoms with Crippen LogP contribution in [0.5, 0.6) is 0 Å². The summed E-state index contributed by atoms with van der Waals surface area (Å²) in [5, 5.41) is 19.8. The van der Waals surface area contributed by atoms with Gasteiger partial charge in [0.1, 0.15) is 0 Å². The molecule has 0 radical (unpaired) electrons. The van der Waals surface area contributed by atoms with E-state index in [2.05, 4.69) is 5.32 Å². The van der Waals surface area contributed by atoms with Gasteiger partial charge in [-0.2, -0.15) is 0 Å². The van der Waals surface area contributed by atoms with E-state index in [0.717, 1.165) is 0 Å². The maximum atomic E-state index is 11.6. The second-order valence-corrected chi connectivity index (χ2v) is 3.89. The zero-order valence-electron chi connectivity index (χ0n) is 9.95. The highest BCUT2D eigenvalue weighted by Gasteiger charge is 2.25. The van der Waals surface area contributed by atoms with Crippen LogP contribution in [0.1, 0.15) is 18.0 Å². The number of amides is 1. The molecule has 5 N–H and O–H groups in total. The van der Waals surface area contributed by atoms with Gasteiger partial charge in [0.05, 0.1) is 12.5 Å². The van der Waals surface area contributed by atoms with Gasteiger partial charge in [0.2, 0.25) is 5.91 Å². The minimum absolute atomic E-state index is 0.380. The Hall–Kier alpha value is -2.41. The first-order valence-electron chi connectivity index (χ1n) is 5.47. The quantitative estimate of drug-likeness (QED) is 0.560. The van der Waals surface area contributed by atoms with Crippen molar-refractivity contribution in [2.24, 2.45) is 5.73 Å². The summed E-state index contributed by atoms with van der Waals surface area (Å²) in [6, 6.07) is 5.52. The molecule has 102 valence electrons. The molecule has 0 aliphatic carbocycles. The first-order valence-corrected chi connectivity index (χ1v) is 5.47. The first-order chi connectivity index (χ1) is 8.91. The van der Waals surface area contributed by atoms with Crippen molar-refractivity contribution < 1.29 is 24.6 Å². The van der Waals surface area contributed by atoms with Crippen LogP contribution in [0.3, 0.4) is 0 Å². The van der Waals surface area contributed by atoms with Crippen LogP contribution < -0.4 is 11.1 Å². The van der Waals surface area contributed by atoms with Crippen molar-refractivity contribution in [2.45, 2.75) is 18.5 Å². The molecule has 2 atom stereocenters. The van der Waals surface area contributed by atoms with Crippen molar-refractivity contribution >= 4 is 17.8 Å². The van der Waals surface area contributed by atoms with E-state index in [9.17, 15) is 14.4 Å². The minimum Gasteiger partial charge on any atom is -0.481 e. The Morgan fingerprint density at radius 2 is 1.74 bits per heavy atom. The second-order valence-electron chi connectivity index (χ2n) is 3.89. The van der Waals surface area contributed by atoms with Crippen molar-refractivity contribution in [1.82, 2.24) is 5.32 Å². The third kappa shape index (κ3) is 4.40. The maximum absolute atomic E-state index is 11.6. The monoisotopic (exact) mass is 266 g/mol. The number of carbonyl (C=O) groups excluding carboxylic acids is 1. The third-order valence-electron chi connectivity index (χ3n) is 2.40. The van der Waals surface area contributed by atoms with E-state index in [0.29, 0.717) is 5.56 Å². The van der Waals surface area contributed by atoms with Gasteiger partial charge >= 0.3 is 11.9 Å². The molecule has 7 nitrogen and oxygen atoms in total. The maximum Gasteiger partial charge on any atom is 0.330 e. The average Bonchev–Trinajstić information content (AvgIpc) is 2.35. The summed E-state index contributed by atoms with van der Waals surface area (Å²) in [5.41, 5.74) is 5.74. The fourth-order valence-electron chi connectivity index (χ4n) is 1.46. The van der Waals surface area contributed by atoms with Gasteiger partial charge in [0.15, 0.2) is 6.04 Å². The van der Waals surface area contributed by atoms with Crippen molar-refractivity contribution in [3.05, 3.63) is 35.9 Å². The van der Waals surface area contributed by atoms with Gasteiger partial charge < -0.3 is 21.3 Å². The molecular weight excluding hydrogens is 252 g/mol. The van der Waals surface area contributed by atoms with Crippen molar-refractivity contribution in [3.8, 4) is 0 Å². The molecule has 0 saturated carbocycles. The zero-order chi connectivity index (χ0) is 14.4. The summed E-state index contributed by atoms with van der Waals surface area (Å²) in [7, 11) is 0. The number of nitrogens with one attached hydrogen (secondary N) is 1. The molecule has 1 rings (SSSR count). The fourth-order valence-corrected chi connectivity index (χ4v) is 1.46. The Morgan fingerprint density at radius 1 is 1.16 bits per heavy atom. The Morgan fingerprint density at radius 3 is 2.21 bits per heavy atom. The highest BCUT2D eigenvalue weighted by atomic mass is 16.4. The number of hydrogen-bond donors (Lipinski definition) is 4. The van der Waals surface area contributed by atoms with Crippen molar-refractivity contribution in [2.75, 3.05) is 0 Å². The van der Waals surface area contributed by atoms with E-state index < -0.39 is 36.4 Å². The van der Waals surface area contributed by atoms with Gasteiger partial charge in [-0.25, -0.2) is 4.79 Å². The van der Waals surface area contributed by atoms with Crippen LogP contribution in [0.4, 0.5) is 0 Å². The number of carboxylic acid groups (broad SMARTS) is 2. The lowest BCUT2D eigenvalue weighted by Gasteiger charge is -2.17. The van der Waals surface area contributed by atoms with E-state index in [-0.39, 0.29) is 0 Å². The number of hydrogen-bond acceptors (Lipinski definition) is 4. The van der Waals surface area contributed by atoms with Gasteiger partial charge in [-0.05, 0) is 5.56 Å². The topological polar surface area (TPSA) is 130 Å². The fraction of sp³-hybridized carbons (Fsp3) is 0.250. The normalized spacial score (nSPS) is 13.3. The minimum atomic E-state index is -1.29. The molecule has 0 saturated heterocycles. The lowest BCUT2D eigenvalue weighted by molar-refractivity contribution is -0.142. The van der Waals surface area contributed by atoms with Crippen LogP contribution in [0.2, 0.25) is 0 Å². The number of benzene rings is 1. The lowest BCUT2D eigenvalue weighted by atomic mass is 10.1. The molecule has 0 fully saturated rings. The molecule has 1 aromatic rings. The van der Waals surface area contributed by atoms with Crippen LogP contribution in [0.15, 0.2) is 30.3 Å². The van der Waals surface area contributed by atoms with Crippen molar-refractivity contribution in [1.29, 1.82) is 0 Å². The molecule has 0 heterocycles. The van der Waals surface area contributed by atoms with E-state index in [1.165, 1.54) is 0 Å². The highest BCUT2D eigenvalue weighted by molar-refractivity contribution is 5.89. The molecule has 0 aromatic heterocycles. The third-order valence-corrected chi connectivity index (χ3v) is 2.40. The summed E-state index contributed by atoms with van der Waals surface area (Å²) in [6.45, 7) is 0. The molecule has 1 unspecified atom stereocenters. The van der Waals surface area contributed by atoms with Crippen LogP contribution in [-0.2, 0) is 14.4 Å². The molecule has 1 amide bonds. The molecule has 0 aliphatic rings. The van der Waals surface area contributed by atoms with Crippen LogP contribution >= 0.6 is 0 Å². The Balaban J connectivity index is 2.78. The Bertz CT molecular complexity index is 474. The average molecular weight is 266 g/mol. The van der Waals surface area contributed by atoms with Gasteiger partial charge in [-0.1, -0.05) is 30.3 Å². The van der Waals surface area contributed by atoms with E-state index in [1.54, 1.807) is 30.3 Å². The highest BCUT2D eigenvalue weighted by Crippen LogP contribution is 2.12. The standard InChI is InChI=1S/C12H14N2O5/c13-8(6-9(15)16)11(17)14-10(12(18)19)7-4-2-1-3-5-7/h1-5,8,10H,6,13H2,(H,14,17)(H,15,16)(H,18,19)/t8-,10?/m0/s1. The van der Waals surface area contributed by atoms with Gasteiger partial charge in [0.25, 0.3) is 0 Å². The van der Waals surface area contributed by atoms with E-state index in [1.807, 2.05) is 0 Å². The molecule has 7 heteroatoms. The SMILES string of the molecule is N[C@@H](CC(=O)O)C(=O)NC(C(=O)O)c1ccccc1. The molecular formula is C12H14N2O5. The second kappa shape index (κ2) is 6.50. The predicted octanol–water partition coefficient (Wildman–Crippen LogP) is -0.269. The van der Waals surface area contributed by atoms with Gasteiger partial charge in [-0.15, -0.1) is 0 Å². The molecule has 19 heavy (non-hydrogen) atoms. The summed E-state index contributed by atoms with van der Waals surface area (Å²) in [4.78, 5) is 33.1. The van der Waals surface area contributed by atoms with Crippen LogP contribution in [0.25, 0.3) is 0 Å². The zero-order valence-corrected chi connectivity index (χ0v) is 9.95.